The van der Waals surface area contributed by atoms with Crippen LogP contribution < -0.4 is 9.47 Å². The average molecular weight is 368 g/mol. The number of hydrogen-bond donors (Lipinski definition) is 0. The van der Waals surface area contributed by atoms with Gasteiger partial charge in [0.05, 0.1) is 10.8 Å². The fraction of sp³-hybridized carbons (Fsp3) is 0.167. The molecule has 28 heavy (non-hydrogen) atoms. The maximum absolute atomic E-state index is 6.38. The quantitative estimate of drug-likeness (QED) is 0.312. The Labute approximate surface area is 160 Å². The highest BCUT2D eigenvalue weighted by Crippen LogP contribution is 2.56. The molecule has 2 unspecified atom stereocenters. The highest BCUT2D eigenvalue weighted by molar-refractivity contribution is 6.14. The molecule has 0 amide bonds. The molecular formula is C24H16O4. The zero-order valence-corrected chi connectivity index (χ0v) is 15.4. The molecule has 5 aromatic rings. The maximum atomic E-state index is 6.38. The molecule has 4 heteroatoms. The SMILES string of the molecule is Cc1ccc2c(c1)OC1c3ccc4c(oc5c6ccc(C)cc6oc45)c3OC21. The predicted octanol–water partition coefficient (Wildman–Crippen LogP) is 6.52. The molecule has 136 valence electrons. The molecule has 3 aromatic carbocycles. The molecule has 4 heterocycles. The summed E-state index contributed by atoms with van der Waals surface area (Å²) in [5.74, 6) is 1.68. The molecule has 4 nitrogen and oxygen atoms in total. The molecule has 0 fully saturated rings. The maximum Gasteiger partial charge on any atom is 0.181 e. The van der Waals surface area contributed by atoms with Crippen LogP contribution in [0, 0.1) is 13.8 Å². The molecule has 2 aliphatic rings. The van der Waals surface area contributed by atoms with E-state index >= 15 is 0 Å². The van der Waals surface area contributed by atoms with E-state index in [1.54, 1.807) is 0 Å². The van der Waals surface area contributed by atoms with Gasteiger partial charge in [-0.05, 0) is 49.2 Å². The zero-order valence-electron chi connectivity index (χ0n) is 15.4. The van der Waals surface area contributed by atoms with Crippen molar-refractivity contribution in [2.75, 3.05) is 0 Å². The fourth-order valence-corrected chi connectivity index (χ4v) is 4.58. The summed E-state index contributed by atoms with van der Waals surface area (Å²) in [5.41, 5.74) is 7.60. The van der Waals surface area contributed by atoms with Crippen molar-refractivity contribution in [1.29, 1.82) is 0 Å². The number of aryl methyl sites for hydroxylation is 2. The summed E-state index contributed by atoms with van der Waals surface area (Å²) in [6, 6.07) is 16.6. The minimum Gasteiger partial charge on any atom is -0.481 e. The van der Waals surface area contributed by atoms with Gasteiger partial charge in [-0.2, -0.15) is 0 Å². The van der Waals surface area contributed by atoms with Crippen molar-refractivity contribution in [2.45, 2.75) is 26.1 Å². The first-order chi connectivity index (χ1) is 13.7. The predicted molar refractivity (Wildman–Crippen MR) is 106 cm³/mol. The van der Waals surface area contributed by atoms with E-state index in [2.05, 4.69) is 56.3 Å². The van der Waals surface area contributed by atoms with Crippen molar-refractivity contribution in [3.8, 4) is 11.5 Å². The summed E-state index contributed by atoms with van der Waals surface area (Å²) in [6.45, 7) is 4.13. The Bertz CT molecular complexity index is 1450. The normalized spacial score (nSPS) is 19.6. The van der Waals surface area contributed by atoms with Crippen molar-refractivity contribution in [3.05, 3.63) is 70.8 Å². The Morgan fingerprint density at radius 3 is 2.29 bits per heavy atom. The molecule has 0 radical (unpaired) electrons. The van der Waals surface area contributed by atoms with Gasteiger partial charge >= 0.3 is 0 Å². The molecule has 7 rings (SSSR count). The van der Waals surface area contributed by atoms with E-state index in [9.17, 15) is 0 Å². The van der Waals surface area contributed by atoms with Crippen molar-refractivity contribution in [1.82, 2.24) is 0 Å². The van der Waals surface area contributed by atoms with E-state index in [4.69, 9.17) is 18.3 Å². The second kappa shape index (κ2) is 4.71. The lowest BCUT2D eigenvalue weighted by Crippen LogP contribution is -2.06. The third kappa shape index (κ3) is 1.66. The van der Waals surface area contributed by atoms with Crippen LogP contribution in [0.5, 0.6) is 11.5 Å². The number of furan rings is 2. The zero-order chi connectivity index (χ0) is 18.6. The molecular weight excluding hydrogens is 352 g/mol. The molecule has 0 aliphatic carbocycles. The van der Waals surface area contributed by atoms with Crippen LogP contribution in [0.25, 0.3) is 33.1 Å². The van der Waals surface area contributed by atoms with E-state index in [1.807, 2.05) is 6.07 Å². The van der Waals surface area contributed by atoms with Crippen LogP contribution in [-0.4, -0.2) is 0 Å². The summed E-state index contributed by atoms with van der Waals surface area (Å²) in [6.07, 6.45) is -0.265. The Hall–Kier alpha value is -3.40. The second-order valence-corrected chi connectivity index (χ2v) is 7.84. The Kier molecular flexibility index (Phi) is 2.46. The van der Waals surface area contributed by atoms with Gasteiger partial charge in [0.1, 0.15) is 11.3 Å². The third-order valence-electron chi connectivity index (χ3n) is 5.95. The number of ether oxygens (including phenoxy) is 2. The molecule has 0 saturated heterocycles. The lowest BCUT2D eigenvalue weighted by Gasteiger charge is -2.07. The standard InChI is InChI=1S/C24H16O4/c1-11-3-5-13-17(9-11)25-21-15-7-8-16-22-20(28-24(16)23(15)27-19(13)21)14-6-4-12(2)10-18(14)26-22/h3-10,19,21H,1-2H3. The van der Waals surface area contributed by atoms with Crippen LogP contribution >= 0.6 is 0 Å². The minimum atomic E-state index is -0.132. The van der Waals surface area contributed by atoms with Crippen molar-refractivity contribution in [3.63, 3.8) is 0 Å². The van der Waals surface area contributed by atoms with E-state index in [1.165, 1.54) is 5.56 Å². The van der Waals surface area contributed by atoms with Crippen LogP contribution in [0.3, 0.4) is 0 Å². The first-order valence-electron chi connectivity index (χ1n) is 9.49. The smallest absolute Gasteiger partial charge is 0.181 e. The van der Waals surface area contributed by atoms with Gasteiger partial charge in [0.15, 0.2) is 34.7 Å². The van der Waals surface area contributed by atoms with E-state index in [0.717, 1.165) is 61.3 Å². The van der Waals surface area contributed by atoms with Gasteiger partial charge in [0.25, 0.3) is 0 Å². The lowest BCUT2D eigenvalue weighted by atomic mass is 10.0. The summed E-state index contributed by atoms with van der Waals surface area (Å²) in [7, 11) is 0. The number of rotatable bonds is 0. The van der Waals surface area contributed by atoms with E-state index < -0.39 is 0 Å². The molecule has 0 saturated carbocycles. The molecule has 2 atom stereocenters. The molecule has 0 N–H and O–H groups in total. The lowest BCUT2D eigenvalue weighted by molar-refractivity contribution is 0.124. The highest BCUT2D eigenvalue weighted by atomic mass is 16.6. The van der Waals surface area contributed by atoms with Gasteiger partial charge in [0, 0.05) is 11.1 Å². The topological polar surface area (TPSA) is 44.7 Å². The summed E-state index contributed by atoms with van der Waals surface area (Å²) >= 11 is 0. The number of fused-ring (bicyclic) bond motifs is 11. The van der Waals surface area contributed by atoms with Gasteiger partial charge in [-0.25, -0.2) is 0 Å². The van der Waals surface area contributed by atoms with Crippen LogP contribution in [0.4, 0.5) is 0 Å². The third-order valence-corrected chi connectivity index (χ3v) is 5.95. The van der Waals surface area contributed by atoms with E-state index in [0.29, 0.717) is 0 Å². The average Bonchev–Trinajstić information content (AvgIpc) is 3.38. The first-order valence-corrected chi connectivity index (χ1v) is 9.49. The van der Waals surface area contributed by atoms with Gasteiger partial charge in [-0.1, -0.05) is 24.3 Å². The first kappa shape index (κ1) is 14.6. The second-order valence-electron chi connectivity index (χ2n) is 7.84. The van der Waals surface area contributed by atoms with Gasteiger partial charge in [-0.15, -0.1) is 0 Å². The van der Waals surface area contributed by atoms with Crippen molar-refractivity contribution >= 4 is 33.1 Å². The largest absolute Gasteiger partial charge is 0.481 e. The molecule has 0 bridgehead atoms. The van der Waals surface area contributed by atoms with Crippen LogP contribution in [0.15, 0.2) is 57.4 Å². The molecule has 2 aromatic heterocycles. The summed E-state index contributed by atoms with van der Waals surface area (Å²) < 4.78 is 25.0. The fourth-order valence-electron chi connectivity index (χ4n) is 4.58. The van der Waals surface area contributed by atoms with Gasteiger partial charge in [0.2, 0.25) is 0 Å². The summed E-state index contributed by atoms with van der Waals surface area (Å²) in [5, 5.41) is 1.92. The number of hydrogen-bond acceptors (Lipinski definition) is 4. The van der Waals surface area contributed by atoms with Crippen LogP contribution in [0.2, 0.25) is 0 Å². The Morgan fingerprint density at radius 1 is 0.643 bits per heavy atom. The molecule has 2 aliphatic heterocycles. The number of benzene rings is 3. The monoisotopic (exact) mass is 368 g/mol. The highest BCUT2D eigenvalue weighted by Gasteiger charge is 2.45. The van der Waals surface area contributed by atoms with Crippen LogP contribution in [0.1, 0.15) is 34.5 Å². The van der Waals surface area contributed by atoms with Crippen molar-refractivity contribution in [2.24, 2.45) is 0 Å². The molecule has 0 spiro atoms. The van der Waals surface area contributed by atoms with Crippen molar-refractivity contribution < 1.29 is 18.3 Å². The van der Waals surface area contributed by atoms with Gasteiger partial charge < -0.3 is 18.3 Å². The Balaban J connectivity index is 1.45. The van der Waals surface area contributed by atoms with E-state index in [-0.39, 0.29) is 12.2 Å². The Morgan fingerprint density at radius 2 is 1.36 bits per heavy atom. The summed E-state index contributed by atoms with van der Waals surface area (Å²) in [4.78, 5) is 0. The van der Waals surface area contributed by atoms with Crippen LogP contribution in [-0.2, 0) is 0 Å². The van der Waals surface area contributed by atoms with Gasteiger partial charge in [-0.3, -0.25) is 0 Å². The minimum absolute atomic E-state index is 0.132.